The first kappa shape index (κ1) is 19.9. The second-order valence-electron chi connectivity index (χ2n) is 8.36. The van der Waals surface area contributed by atoms with Crippen molar-refractivity contribution in [3.05, 3.63) is 60.3 Å². The highest BCUT2D eigenvalue weighted by atomic mass is 16.1. The third-order valence-corrected chi connectivity index (χ3v) is 6.42. The maximum absolute atomic E-state index is 12.3. The Kier molecular flexibility index (Phi) is 6.78. The van der Waals surface area contributed by atoms with E-state index in [-0.39, 0.29) is 5.91 Å². The number of carbonyl (C=O) groups is 1. The van der Waals surface area contributed by atoms with Gasteiger partial charge in [-0.25, -0.2) is 4.98 Å². The summed E-state index contributed by atoms with van der Waals surface area (Å²) in [5, 5.41) is 3.22. The molecule has 1 amide bonds. The highest BCUT2D eigenvalue weighted by molar-refractivity contribution is 5.94. The van der Waals surface area contributed by atoms with Crippen LogP contribution in [-0.4, -0.2) is 54.6 Å². The number of hydrogen-bond donors (Lipinski definition) is 1. The summed E-state index contributed by atoms with van der Waals surface area (Å²) in [7, 11) is 0. The Morgan fingerprint density at radius 2 is 1.66 bits per heavy atom. The largest absolute Gasteiger partial charge is 0.354 e. The van der Waals surface area contributed by atoms with Crippen molar-refractivity contribution in [2.75, 3.05) is 37.6 Å². The highest BCUT2D eigenvalue weighted by Gasteiger charge is 2.24. The summed E-state index contributed by atoms with van der Waals surface area (Å²) in [6.07, 6.45) is 7.83. The van der Waals surface area contributed by atoms with Crippen LogP contribution in [0.4, 0.5) is 5.82 Å². The molecule has 0 bridgehead atoms. The van der Waals surface area contributed by atoms with E-state index < -0.39 is 0 Å². The minimum Gasteiger partial charge on any atom is -0.354 e. The van der Waals surface area contributed by atoms with Gasteiger partial charge in [-0.05, 0) is 68.8 Å². The Morgan fingerprint density at radius 1 is 0.931 bits per heavy atom. The van der Waals surface area contributed by atoms with Crippen molar-refractivity contribution in [3.8, 4) is 0 Å². The lowest BCUT2D eigenvalue weighted by molar-refractivity contribution is 0.0919. The number of piperazine rings is 1. The van der Waals surface area contributed by atoms with Crippen molar-refractivity contribution in [2.45, 2.75) is 38.1 Å². The van der Waals surface area contributed by atoms with Crippen LogP contribution in [0.5, 0.6) is 0 Å². The molecule has 1 aliphatic carbocycles. The van der Waals surface area contributed by atoms with Gasteiger partial charge in [-0.1, -0.05) is 24.3 Å². The normalized spacial score (nSPS) is 23.0. The van der Waals surface area contributed by atoms with Gasteiger partial charge in [0.05, 0.1) is 0 Å². The van der Waals surface area contributed by atoms with E-state index in [9.17, 15) is 4.79 Å². The molecule has 2 heterocycles. The zero-order chi connectivity index (χ0) is 19.9. The molecule has 0 radical (unpaired) electrons. The zero-order valence-electron chi connectivity index (χ0n) is 17.2. The molecule has 1 N–H and O–H groups in total. The first-order valence-corrected chi connectivity index (χ1v) is 11.0. The Hall–Kier alpha value is -2.40. The van der Waals surface area contributed by atoms with Crippen LogP contribution in [-0.2, 0) is 0 Å². The molecule has 4 rings (SSSR count). The molecule has 5 heteroatoms. The molecule has 1 aromatic heterocycles. The quantitative estimate of drug-likeness (QED) is 0.816. The fraction of sp³-hybridized carbons (Fsp3) is 0.500. The molecular weight excluding hydrogens is 360 g/mol. The lowest BCUT2D eigenvalue weighted by Crippen LogP contribution is -2.47. The second-order valence-corrected chi connectivity index (χ2v) is 8.36. The minimum atomic E-state index is 0.0693. The van der Waals surface area contributed by atoms with Crippen LogP contribution in [0.25, 0.3) is 0 Å². The monoisotopic (exact) mass is 392 g/mol. The van der Waals surface area contributed by atoms with Crippen LogP contribution < -0.4 is 10.2 Å². The second kappa shape index (κ2) is 9.88. The van der Waals surface area contributed by atoms with Gasteiger partial charge in [-0.15, -0.1) is 0 Å². The maximum atomic E-state index is 12.3. The Morgan fingerprint density at radius 3 is 2.34 bits per heavy atom. The van der Waals surface area contributed by atoms with Gasteiger partial charge in [-0.2, -0.15) is 0 Å². The molecule has 0 unspecified atom stereocenters. The Labute approximate surface area is 174 Å². The number of nitrogens with one attached hydrogen (secondary N) is 1. The number of amides is 1. The first-order valence-electron chi connectivity index (χ1n) is 11.0. The summed E-state index contributed by atoms with van der Waals surface area (Å²) in [4.78, 5) is 21.8. The van der Waals surface area contributed by atoms with Crippen LogP contribution in [0.15, 0.2) is 54.7 Å². The van der Waals surface area contributed by atoms with Crippen molar-refractivity contribution in [2.24, 2.45) is 5.92 Å². The average Bonchev–Trinajstić information content (AvgIpc) is 2.80. The van der Waals surface area contributed by atoms with Crippen molar-refractivity contribution in [3.63, 3.8) is 0 Å². The van der Waals surface area contributed by atoms with Crippen LogP contribution in [0.1, 0.15) is 42.5 Å². The smallest absolute Gasteiger partial charge is 0.251 e. The molecular formula is C24H32N4O. The fourth-order valence-corrected chi connectivity index (χ4v) is 4.56. The molecule has 1 aromatic carbocycles. The predicted octanol–water partition coefficient (Wildman–Crippen LogP) is 3.58. The van der Waals surface area contributed by atoms with Gasteiger partial charge >= 0.3 is 0 Å². The van der Waals surface area contributed by atoms with Gasteiger partial charge in [0, 0.05) is 44.0 Å². The van der Waals surface area contributed by atoms with Gasteiger partial charge in [0.1, 0.15) is 5.82 Å². The summed E-state index contributed by atoms with van der Waals surface area (Å²) < 4.78 is 0. The molecule has 0 spiro atoms. The molecule has 154 valence electrons. The standard InChI is InChI=1S/C24H32N4O/c29-24(21-6-2-1-3-7-21)26-22-11-9-20(10-12-22)13-15-27-16-18-28(19-17-27)23-8-4-5-14-25-23/h1-8,14,20,22H,9-13,15-19H2,(H,26,29). The SMILES string of the molecule is O=C(NC1CCC(CCN2CCN(c3ccccn3)CC2)CC1)c1ccccc1. The summed E-state index contributed by atoms with van der Waals surface area (Å²) in [5.41, 5.74) is 0.763. The summed E-state index contributed by atoms with van der Waals surface area (Å²) >= 11 is 0. The molecule has 2 aliphatic rings. The van der Waals surface area contributed by atoms with Gasteiger partial charge in [0.25, 0.3) is 5.91 Å². The van der Waals surface area contributed by atoms with Crippen molar-refractivity contribution < 1.29 is 4.79 Å². The number of pyridine rings is 1. The Bertz CT molecular complexity index is 751. The molecule has 5 nitrogen and oxygen atoms in total. The summed E-state index contributed by atoms with van der Waals surface area (Å²) in [6.45, 7) is 5.57. The fourth-order valence-electron chi connectivity index (χ4n) is 4.56. The number of hydrogen-bond acceptors (Lipinski definition) is 4. The number of aromatic nitrogens is 1. The molecule has 0 atom stereocenters. The predicted molar refractivity (Wildman–Crippen MR) is 117 cm³/mol. The van der Waals surface area contributed by atoms with Crippen LogP contribution in [0.2, 0.25) is 0 Å². The molecule has 2 aromatic rings. The van der Waals surface area contributed by atoms with E-state index in [1.807, 2.05) is 42.6 Å². The number of carbonyl (C=O) groups excluding carboxylic acids is 1. The van der Waals surface area contributed by atoms with Crippen molar-refractivity contribution in [1.82, 2.24) is 15.2 Å². The third-order valence-electron chi connectivity index (χ3n) is 6.42. The number of rotatable bonds is 6. The summed E-state index contributed by atoms with van der Waals surface area (Å²) in [6, 6.07) is 16.0. The number of benzene rings is 1. The van der Waals surface area contributed by atoms with Crippen molar-refractivity contribution >= 4 is 11.7 Å². The topological polar surface area (TPSA) is 48.5 Å². The van der Waals surface area contributed by atoms with E-state index in [1.54, 1.807) is 0 Å². The van der Waals surface area contributed by atoms with E-state index in [1.165, 1.54) is 25.8 Å². The molecule has 1 saturated carbocycles. The molecule has 1 saturated heterocycles. The minimum absolute atomic E-state index is 0.0693. The lowest BCUT2D eigenvalue weighted by Gasteiger charge is -2.36. The average molecular weight is 393 g/mol. The Balaban J connectivity index is 1.13. The van der Waals surface area contributed by atoms with E-state index >= 15 is 0 Å². The van der Waals surface area contributed by atoms with Gasteiger partial charge in [0.2, 0.25) is 0 Å². The van der Waals surface area contributed by atoms with Crippen molar-refractivity contribution in [1.29, 1.82) is 0 Å². The van der Waals surface area contributed by atoms with Gasteiger partial charge in [-0.3, -0.25) is 9.69 Å². The van der Waals surface area contributed by atoms with Gasteiger partial charge in [0.15, 0.2) is 0 Å². The molecule has 29 heavy (non-hydrogen) atoms. The maximum Gasteiger partial charge on any atom is 0.251 e. The summed E-state index contributed by atoms with van der Waals surface area (Å²) in [5.74, 6) is 1.97. The highest BCUT2D eigenvalue weighted by Crippen LogP contribution is 2.27. The van der Waals surface area contributed by atoms with Gasteiger partial charge < -0.3 is 10.2 Å². The van der Waals surface area contributed by atoms with E-state index in [2.05, 4.69) is 32.2 Å². The molecule has 1 aliphatic heterocycles. The van der Waals surface area contributed by atoms with Crippen LogP contribution in [0, 0.1) is 5.92 Å². The first-order chi connectivity index (χ1) is 14.3. The number of anilines is 1. The zero-order valence-corrected chi connectivity index (χ0v) is 17.2. The molecule has 2 fully saturated rings. The van der Waals surface area contributed by atoms with E-state index in [4.69, 9.17) is 0 Å². The van der Waals surface area contributed by atoms with Crippen LogP contribution in [0.3, 0.4) is 0 Å². The van der Waals surface area contributed by atoms with Crippen LogP contribution >= 0.6 is 0 Å². The number of nitrogens with zero attached hydrogens (tertiary/aromatic N) is 3. The lowest BCUT2D eigenvalue weighted by atomic mass is 9.84. The van der Waals surface area contributed by atoms with E-state index in [0.29, 0.717) is 6.04 Å². The van der Waals surface area contributed by atoms with E-state index in [0.717, 1.165) is 56.3 Å². The third kappa shape index (κ3) is 5.57.